The number of hydrogen-bond donors (Lipinski definition) is 2. The van der Waals surface area contributed by atoms with E-state index in [4.69, 9.17) is 17.3 Å². The van der Waals surface area contributed by atoms with Crippen molar-refractivity contribution >= 4 is 23.2 Å². The van der Waals surface area contributed by atoms with Gasteiger partial charge in [0.1, 0.15) is 5.82 Å². The third kappa shape index (κ3) is 2.22. The summed E-state index contributed by atoms with van der Waals surface area (Å²) < 4.78 is 13.6. The normalized spacial score (nSPS) is 27.2. The molecule has 98 valence electrons. The molecule has 2 rings (SSSR count). The summed E-state index contributed by atoms with van der Waals surface area (Å²) in [5.74, 6) is -0.800. The molecule has 0 bridgehead atoms. The Hall–Kier alpha value is -1.13. The summed E-state index contributed by atoms with van der Waals surface area (Å²) in [6.07, 6.45) is 2.44. The van der Waals surface area contributed by atoms with Gasteiger partial charge in [0, 0.05) is 6.04 Å². The van der Waals surface area contributed by atoms with Gasteiger partial charge in [0.25, 0.3) is 0 Å². The van der Waals surface area contributed by atoms with Crippen LogP contribution in [0.15, 0.2) is 18.2 Å². The third-order valence-corrected chi connectivity index (χ3v) is 4.06. The fourth-order valence-corrected chi connectivity index (χ4v) is 2.56. The molecule has 1 saturated carbocycles. The van der Waals surface area contributed by atoms with E-state index in [-0.39, 0.29) is 22.7 Å². The van der Waals surface area contributed by atoms with E-state index in [1.165, 1.54) is 18.2 Å². The number of rotatable bonds is 2. The topological polar surface area (TPSA) is 55.1 Å². The van der Waals surface area contributed by atoms with Crippen LogP contribution in [0, 0.1) is 11.2 Å². The van der Waals surface area contributed by atoms with Gasteiger partial charge in [0.15, 0.2) is 0 Å². The molecule has 2 unspecified atom stereocenters. The summed E-state index contributed by atoms with van der Waals surface area (Å²) in [5.41, 5.74) is 5.34. The second kappa shape index (κ2) is 4.86. The van der Waals surface area contributed by atoms with Crippen molar-refractivity contribution in [2.45, 2.75) is 32.2 Å². The number of halogens is 2. The van der Waals surface area contributed by atoms with Crippen molar-refractivity contribution in [1.82, 2.24) is 0 Å². The van der Waals surface area contributed by atoms with Crippen LogP contribution in [0.5, 0.6) is 0 Å². The number of para-hydroxylation sites is 1. The van der Waals surface area contributed by atoms with E-state index in [0.29, 0.717) is 6.42 Å². The SMILES string of the molecule is CC1(C(=O)Nc2c(F)cccc2Cl)CCCC1N. The van der Waals surface area contributed by atoms with Crippen LogP contribution in [0.2, 0.25) is 5.02 Å². The average molecular weight is 271 g/mol. The molecule has 5 heteroatoms. The zero-order valence-electron chi connectivity index (χ0n) is 10.2. The van der Waals surface area contributed by atoms with Crippen molar-refractivity contribution < 1.29 is 9.18 Å². The summed E-state index contributed by atoms with van der Waals surface area (Å²) in [6, 6.07) is 4.11. The maximum atomic E-state index is 13.6. The van der Waals surface area contributed by atoms with Crippen molar-refractivity contribution in [3.05, 3.63) is 29.0 Å². The smallest absolute Gasteiger partial charge is 0.231 e. The van der Waals surface area contributed by atoms with Gasteiger partial charge in [-0.05, 0) is 31.9 Å². The highest BCUT2D eigenvalue weighted by Gasteiger charge is 2.43. The molecule has 0 heterocycles. The molecular weight excluding hydrogens is 255 g/mol. The third-order valence-electron chi connectivity index (χ3n) is 3.75. The van der Waals surface area contributed by atoms with Crippen molar-refractivity contribution in [2.24, 2.45) is 11.1 Å². The minimum Gasteiger partial charge on any atom is -0.327 e. The summed E-state index contributed by atoms with van der Waals surface area (Å²) >= 11 is 5.88. The standard InChI is InChI=1S/C13H16ClFN2O/c1-13(7-3-6-10(13)16)12(18)17-11-8(14)4-2-5-9(11)15/h2,4-5,10H,3,6-7,16H2,1H3,(H,17,18). The first-order valence-electron chi connectivity index (χ1n) is 5.96. The monoisotopic (exact) mass is 270 g/mol. The molecule has 0 radical (unpaired) electrons. The molecule has 1 aromatic rings. The number of benzene rings is 1. The van der Waals surface area contributed by atoms with Crippen LogP contribution in [-0.2, 0) is 4.79 Å². The zero-order valence-corrected chi connectivity index (χ0v) is 10.9. The molecule has 0 aromatic heterocycles. The Morgan fingerprint density at radius 1 is 1.61 bits per heavy atom. The first-order chi connectivity index (χ1) is 8.45. The number of carbonyl (C=O) groups excluding carboxylic acids is 1. The van der Waals surface area contributed by atoms with E-state index in [1.807, 2.05) is 6.92 Å². The van der Waals surface area contributed by atoms with Gasteiger partial charge in [-0.1, -0.05) is 24.1 Å². The Morgan fingerprint density at radius 3 is 2.89 bits per heavy atom. The van der Waals surface area contributed by atoms with Crippen LogP contribution in [0.25, 0.3) is 0 Å². The van der Waals surface area contributed by atoms with Gasteiger partial charge < -0.3 is 11.1 Å². The van der Waals surface area contributed by atoms with Gasteiger partial charge in [-0.3, -0.25) is 4.79 Å². The second-order valence-electron chi connectivity index (χ2n) is 4.97. The quantitative estimate of drug-likeness (QED) is 0.868. The molecule has 3 N–H and O–H groups in total. The number of amides is 1. The maximum Gasteiger partial charge on any atom is 0.231 e. The van der Waals surface area contributed by atoms with Crippen LogP contribution in [0.3, 0.4) is 0 Å². The lowest BCUT2D eigenvalue weighted by Gasteiger charge is -2.27. The lowest BCUT2D eigenvalue weighted by Crippen LogP contribution is -2.44. The van der Waals surface area contributed by atoms with Gasteiger partial charge >= 0.3 is 0 Å². The predicted molar refractivity (Wildman–Crippen MR) is 70.0 cm³/mol. The first-order valence-corrected chi connectivity index (χ1v) is 6.34. The van der Waals surface area contributed by atoms with Gasteiger partial charge in [0.2, 0.25) is 5.91 Å². The molecule has 1 aromatic carbocycles. The Balaban J connectivity index is 2.22. The number of anilines is 1. The number of hydrogen-bond acceptors (Lipinski definition) is 2. The van der Waals surface area contributed by atoms with E-state index in [2.05, 4.69) is 5.32 Å². The van der Waals surface area contributed by atoms with E-state index in [9.17, 15) is 9.18 Å². The van der Waals surface area contributed by atoms with Crippen molar-refractivity contribution in [1.29, 1.82) is 0 Å². The molecule has 1 amide bonds. The lowest BCUT2D eigenvalue weighted by atomic mass is 9.84. The van der Waals surface area contributed by atoms with Crippen LogP contribution in [0.1, 0.15) is 26.2 Å². The molecule has 1 aliphatic carbocycles. The summed E-state index contributed by atoms with van der Waals surface area (Å²) in [7, 11) is 0. The highest BCUT2D eigenvalue weighted by molar-refractivity contribution is 6.33. The van der Waals surface area contributed by atoms with Gasteiger partial charge in [-0.15, -0.1) is 0 Å². The zero-order chi connectivity index (χ0) is 13.3. The molecule has 1 aliphatic rings. The molecule has 2 atom stereocenters. The number of nitrogens with one attached hydrogen (secondary N) is 1. The molecular formula is C13H16ClFN2O. The van der Waals surface area contributed by atoms with Crippen LogP contribution in [-0.4, -0.2) is 11.9 Å². The Kier molecular flexibility index (Phi) is 3.59. The molecule has 18 heavy (non-hydrogen) atoms. The first kappa shape index (κ1) is 13.3. The van der Waals surface area contributed by atoms with Crippen LogP contribution < -0.4 is 11.1 Å². The fraction of sp³-hybridized carbons (Fsp3) is 0.462. The molecule has 1 fully saturated rings. The average Bonchev–Trinajstić information content (AvgIpc) is 2.66. The van der Waals surface area contributed by atoms with E-state index in [0.717, 1.165) is 12.8 Å². The van der Waals surface area contributed by atoms with E-state index < -0.39 is 11.2 Å². The van der Waals surface area contributed by atoms with Gasteiger partial charge in [-0.2, -0.15) is 0 Å². The summed E-state index contributed by atoms with van der Waals surface area (Å²) in [4.78, 5) is 12.2. The molecule has 3 nitrogen and oxygen atoms in total. The summed E-state index contributed by atoms with van der Waals surface area (Å²) in [6.45, 7) is 1.81. The summed E-state index contributed by atoms with van der Waals surface area (Å²) in [5, 5.41) is 2.76. The Labute approximate surface area is 111 Å². The van der Waals surface area contributed by atoms with Crippen molar-refractivity contribution in [3.63, 3.8) is 0 Å². The lowest BCUT2D eigenvalue weighted by molar-refractivity contribution is -0.125. The maximum absolute atomic E-state index is 13.6. The van der Waals surface area contributed by atoms with E-state index >= 15 is 0 Å². The Bertz CT molecular complexity index is 460. The van der Waals surface area contributed by atoms with Crippen LogP contribution >= 0.6 is 11.6 Å². The highest BCUT2D eigenvalue weighted by atomic mass is 35.5. The minimum atomic E-state index is -0.647. The number of nitrogens with two attached hydrogens (primary N) is 1. The van der Waals surface area contributed by atoms with Gasteiger partial charge in [0.05, 0.1) is 16.1 Å². The largest absolute Gasteiger partial charge is 0.327 e. The predicted octanol–water partition coefficient (Wildman–Crippen LogP) is 2.94. The molecule has 0 saturated heterocycles. The van der Waals surface area contributed by atoms with Gasteiger partial charge in [-0.25, -0.2) is 4.39 Å². The minimum absolute atomic E-state index is 0.0319. The van der Waals surface area contributed by atoms with E-state index in [1.54, 1.807) is 0 Å². The fourth-order valence-electron chi connectivity index (χ4n) is 2.35. The number of carbonyl (C=O) groups is 1. The van der Waals surface area contributed by atoms with Crippen LogP contribution in [0.4, 0.5) is 10.1 Å². The van der Waals surface area contributed by atoms with Crippen molar-refractivity contribution in [3.8, 4) is 0 Å². The molecule has 0 spiro atoms. The Morgan fingerprint density at radius 2 is 2.33 bits per heavy atom. The van der Waals surface area contributed by atoms with Crippen molar-refractivity contribution in [2.75, 3.05) is 5.32 Å². The second-order valence-corrected chi connectivity index (χ2v) is 5.37. The highest BCUT2D eigenvalue weighted by Crippen LogP contribution is 2.38. The molecule has 0 aliphatic heterocycles.